The molecule has 1 amide bonds. The molecule has 76 valence electrons. The number of aryl methyl sites for hydroxylation is 1. The fourth-order valence-corrected chi connectivity index (χ4v) is 2.25. The first-order chi connectivity index (χ1) is 6.77. The van der Waals surface area contributed by atoms with Crippen molar-refractivity contribution < 1.29 is 4.79 Å². The van der Waals surface area contributed by atoms with Crippen molar-refractivity contribution >= 4 is 17.2 Å². The van der Waals surface area contributed by atoms with Crippen molar-refractivity contribution in [2.24, 2.45) is 5.92 Å². The van der Waals surface area contributed by atoms with Gasteiger partial charge in [-0.2, -0.15) is 11.3 Å². The van der Waals surface area contributed by atoms with Gasteiger partial charge in [-0.05, 0) is 17.9 Å². The Labute approximate surface area is 87.5 Å². The highest BCUT2D eigenvalue weighted by molar-refractivity contribution is 7.08. The van der Waals surface area contributed by atoms with Crippen molar-refractivity contribution in [1.29, 1.82) is 0 Å². The molecule has 1 fully saturated rings. The van der Waals surface area contributed by atoms with Crippen LogP contribution in [-0.4, -0.2) is 25.5 Å². The van der Waals surface area contributed by atoms with Gasteiger partial charge in [0.2, 0.25) is 0 Å². The van der Waals surface area contributed by atoms with Crippen LogP contribution in [0.4, 0.5) is 0 Å². The first-order valence-electron chi connectivity index (χ1n) is 4.79. The van der Waals surface area contributed by atoms with Gasteiger partial charge in [-0.25, -0.2) is 0 Å². The molecule has 1 aromatic rings. The van der Waals surface area contributed by atoms with E-state index in [0.29, 0.717) is 5.92 Å². The molecular formula is C10H14N2OS. The molecule has 0 unspecified atom stereocenters. The van der Waals surface area contributed by atoms with Crippen LogP contribution in [0, 0.1) is 12.8 Å². The van der Waals surface area contributed by atoms with Crippen molar-refractivity contribution in [1.82, 2.24) is 10.6 Å². The molecule has 0 spiro atoms. The van der Waals surface area contributed by atoms with E-state index in [1.165, 1.54) is 0 Å². The lowest BCUT2D eigenvalue weighted by molar-refractivity contribution is 0.0942. The second kappa shape index (κ2) is 4.11. The second-order valence-electron chi connectivity index (χ2n) is 3.70. The van der Waals surface area contributed by atoms with Gasteiger partial charge < -0.3 is 10.6 Å². The Morgan fingerprint density at radius 3 is 2.93 bits per heavy atom. The van der Waals surface area contributed by atoms with Crippen LogP contribution in [0.2, 0.25) is 0 Å². The fraction of sp³-hybridized carbons (Fsp3) is 0.500. The largest absolute Gasteiger partial charge is 0.352 e. The summed E-state index contributed by atoms with van der Waals surface area (Å²) in [5.74, 6) is 0.688. The number of rotatable bonds is 3. The zero-order valence-electron chi connectivity index (χ0n) is 8.17. The maximum absolute atomic E-state index is 11.6. The molecule has 4 heteroatoms. The van der Waals surface area contributed by atoms with Gasteiger partial charge in [-0.15, -0.1) is 0 Å². The van der Waals surface area contributed by atoms with Crippen LogP contribution in [0.15, 0.2) is 10.8 Å². The van der Waals surface area contributed by atoms with Gasteiger partial charge in [-0.3, -0.25) is 4.79 Å². The summed E-state index contributed by atoms with van der Waals surface area (Å²) in [6, 6.07) is 0. The van der Waals surface area contributed by atoms with Crippen molar-refractivity contribution in [2.75, 3.05) is 19.6 Å². The molecule has 2 heterocycles. The van der Waals surface area contributed by atoms with Gasteiger partial charge >= 0.3 is 0 Å². The van der Waals surface area contributed by atoms with Gasteiger partial charge in [0, 0.05) is 30.9 Å². The lowest BCUT2D eigenvalue weighted by Gasteiger charge is -2.27. The number of nitrogens with one attached hydrogen (secondary N) is 2. The molecule has 0 atom stereocenters. The normalized spacial score (nSPS) is 16.4. The standard InChI is InChI=1S/C10H14N2OS/c1-7-5-14-6-9(7)10(13)12-4-8-2-11-3-8/h5-6,8,11H,2-4H2,1H3,(H,12,13). The molecule has 1 aromatic heterocycles. The summed E-state index contributed by atoms with van der Waals surface area (Å²) in [5, 5.41) is 10.0. The molecule has 14 heavy (non-hydrogen) atoms. The molecule has 0 saturated carbocycles. The van der Waals surface area contributed by atoms with Gasteiger partial charge in [-0.1, -0.05) is 0 Å². The fourth-order valence-electron chi connectivity index (χ4n) is 1.42. The Hall–Kier alpha value is -0.870. The number of thiophene rings is 1. The number of carbonyl (C=O) groups excluding carboxylic acids is 1. The van der Waals surface area contributed by atoms with Gasteiger partial charge in [0.25, 0.3) is 5.91 Å². The predicted octanol–water partition coefficient (Wildman–Crippen LogP) is 1.01. The lowest BCUT2D eigenvalue weighted by Crippen LogP contribution is -2.48. The van der Waals surface area contributed by atoms with Crippen molar-refractivity contribution in [2.45, 2.75) is 6.92 Å². The molecule has 0 aliphatic carbocycles. The highest BCUT2D eigenvalue weighted by atomic mass is 32.1. The van der Waals surface area contributed by atoms with E-state index in [1.54, 1.807) is 11.3 Å². The maximum atomic E-state index is 11.6. The average molecular weight is 210 g/mol. The quantitative estimate of drug-likeness (QED) is 0.781. The second-order valence-corrected chi connectivity index (χ2v) is 4.45. The number of carbonyl (C=O) groups is 1. The van der Waals surface area contributed by atoms with E-state index in [0.717, 1.165) is 30.8 Å². The summed E-state index contributed by atoms with van der Waals surface area (Å²) < 4.78 is 0. The third-order valence-electron chi connectivity index (χ3n) is 2.52. The molecular weight excluding hydrogens is 196 g/mol. The summed E-state index contributed by atoms with van der Waals surface area (Å²) >= 11 is 1.58. The predicted molar refractivity (Wildman–Crippen MR) is 57.7 cm³/mol. The zero-order chi connectivity index (χ0) is 9.97. The summed E-state index contributed by atoms with van der Waals surface area (Å²) in [6.07, 6.45) is 0. The van der Waals surface area contributed by atoms with Crippen LogP contribution in [0.1, 0.15) is 15.9 Å². The van der Waals surface area contributed by atoms with E-state index in [1.807, 2.05) is 17.7 Å². The minimum atomic E-state index is 0.0654. The van der Waals surface area contributed by atoms with Gasteiger partial charge in [0.1, 0.15) is 0 Å². The smallest absolute Gasteiger partial charge is 0.252 e. The highest BCUT2D eigenvalue weighted by Gasteiger charge is 2.18. The molecule has 1 aliphatic heterocycles. The number of amides is 1. The van der Waals surface area contributed by atoms with Crippen molar-refractivity contribution in [3.63, 3.8) is 0 Å². The molecule has 2 N–H and O–H groups in total. The van der Waals surface area contributed by atoms with Crippen molar-refractivity contribution in [3.8, 4) is 0 Å². The minimum Gasteiger partial charge on any atom is -0.352 e. The van der Waals surface area contributed by atoms with Gasteiger partial charge in [0.15, 0.2) is 0 Å². The monoisotopic (exact) mass is 210 g/mol. The Balaban J connectivity index is 1.86. The molecule has 1 aliphatic rings. The molecule has 0 radical (unpaired) electrons. The summed E-state index contributed by atoms with van der Waals surface area (Å²) in [4.78, 5) is 11.6. The number of hydrogen-bond acceptors (Lipinski definition) is 3. The summed E-state index contributed by atoms with van der Waals surface area (Å²) in [7, 11) is 0. The topological polar surface area (TPSA) is 41.1 Å². The minimum absolute atomic E-state index is 0.0654. The lowest BCUT2D eigenvalue weighted by atomic mass is 10.0. The molecule has 1 saturated heterocycles. The maximum Gasteiger partial charge on any atom is 0.252 e. The van der Waals surface area contributed by atoms with E-state index in [-0.39, 0.29) is 5.91 Å². The van der Waals surface area contributed by atoms with Crippen LogP contribution >= 0.6 is 11.3 Å². The van der Waals surface area contributed by atoms with E-state index >= 15 is 0 Å². The van der Waals surface area contributed by atoms with E-state index in [4.69, 9.17) is 0 Å². The average Bonchev–Trinajstić information content (AvgIpc) is 2.48. The van der Waals surface area contributed by atoms with Crippen LogP contribution in [0.25, 0.3) is 0 Å². The van der Waals surface area contributed by atoms with Crippen LogP contribution < -0.4 is 10.6 Å². The highest BCUT2D eigenvalue weighted by Crippen LogP contribution is 2.13. The first kappa shape index (κ1) is 9.68. The van der Waals surface area contributed by atoms with E-state index < -0.39 is 0 Å². The van der Waals surface area contributed by atoms with E-state index in [2.05, 4.69) is 10.6 Å². The molecule has 0 bridgehead atoms. The Morgan fingerprint density at radius 1 is 1.64 bits per heavy atom. The SMILES string of the molecule is Cc1cscc1C(=O)NCC1CNC1. The third-order valence-corrected chi connectivity index (χ3v) is 3.38. The Bertz CT molecular complexity index is 331. The van der Waals surface area contributed by atoms with E-state index in [9.17, 15) is 4.79 Å². The Morgan fingerprint density at radius 2 is 2.43 bits per heavy atom. The molecule has 2 rings (SSSR count). The van der Waals surface area contributed by atoms with Crippen LogP contribution in [0.5, 0.6) is 0 Å². The summed E-state index contributed by atoms with van der Waals surface area (Å²) in [6.45, 7) is 4.82. The first-order valence-corrected chi connectivity index (χ1v) is 5.73. The van der Waals surface area contributed by atoms with Crippen molar-refractivity contribution in [3.05, 3.63) is 21.9 Å². The van der Waals surface area contributed by atoms with Gasteiger partial charge in [0.05, 0.1) is 5.56 Å². The van der Waals surface area contributed by atoms with Crippen LogP contribution in [0.3, 0.4) is 0 Å². The summed E-state index contributed by atoms with van der Waals surface area (Å²) in [5.41, 5.74) is 1.89. The number of hydrogen-bond donors (Lipinski definition) is 2. The Kier molecular flexibility index (Phi) is 2.84. The zero-order valence-corrected chi connectivity index (χ0v) is 8.99. The molecule has 3 nitrogen and oxygen atoms in total. The molecule has 0 aromatic carbocycles. The third kappa shape index (κ3) is 1.96. The van der Waals surface area contributed by atoms with Crippen LogP contribution in [-0.2, 0) is 0 Å².